The number of primary amides is 1. The van der Waals surface area contributed by atoms with Crippen LogP contribution in [0, 0.1) is 0 Å². The standard InChI is InChI=1S/C13H16N2O2.C6H10N2O2S2/c14-13(17)15-12-9-3-1-2-7(9)6-8-4-5-10(16)11(8)12;1-6(2,9)4-3-8-5(11-4)12(7)10/h6,10,16H,1-5H2,(H3,14,15,17);3,9H,7H2,1-2H3. The molecule has 1 aromatic heterocycles. The van der Waals surface area contributed by atoms with E-state index in [4.69, 9.17) is 10.9 Å². The highest BCUT2D eigenvalue weighted by molar-refractivity contribution is 7.84. The summed E-state index contributed by atoms with van der Waals surface area (Å²) in [6, 6.07) is 1.65. The van der Waals surface area contributed by atoms with Gasteiger partial charge in [0.15, 0.2) is 15.3 Å². The minimum atomic E-state index is -1.55. The van der Waals surface area contributed by atoms with Gasteiger partial charge >= 0.3 is 6.03 Å². The van der Waals surface area contributed by atoms with Crippen molar-refractivity contribution in [2.24, 2.45) is 10.9 Å². The average Bonchev–Trinajstić information content (AvgIpc) is 3.33. The third-order valence-corrected chi connectivity index (χ3v) is 7.35. The fraction of sp³-hybridized carbons (Fsp3) is 0.474. The number of nitrogens with two attached hydrogens (primary N) is 2. The van der Waals surface area contributed by atoms with Crippen molar-refractivity contribution in [1.29, 1.82) is 0 Å². The Morgan fingerprint density at radius 2 is 2.07 bits per heavy atom. The number of aryl methyl sites for hydroxylation is 2. The number of carbonyl (C=O) groups is 1. The molecule has 0 bridgehead atoms. The minimum Gasteiger partial charge on any atom is -0.388 e. The normalized spacial score (nSPS) is 18.4. The third-order valence-electron chi connectivity index (χ3n) is 5.05. The van der Waals surface area contributed by atoms with Crippen LogP contribution >= 0.6 is 11.3 Å². The summed E-state index contributed by atoms with van der Waals surface area (Å²) in [5, 5.41) is 27.4. The summed E-state index contributed by atoms with van der Waals surface area (Å²) in [6.45, 7) is 3.29. The number of rotatable bonds is 3. The van der Waals surface area contributed by atoms with E-state index in [1.807, 2.05) is 0 Å². The van der Waals surface area contributed by atoms with Crippen LogP contribution in [-0.4, -0.2) is 25.4 Å². The molecule has 7 N–H and O–H groups in total. The van der Waals surface area contributed by atoms with Crippen LogP contribution in [0.15, 0.2) is 16.6 Å². The second-order valence-electron chi connectivity index (χ2n) is 7.71. The summed E-state index contributed by atoms with van der Waals surface area (Å²) in [5.74, 6) is 0. The first-order valence-corrected chi connectivity index (χ1v) is 11.4. The Hall–Kier alpha value is -1.85. The summed E-state index contributed by atoms with van der Waals surface area (Å²) in [6.07, 6.45) is 5.80. The first-order chi connectivity index (χ1) is 13.6. The number of benzene rings is 1. The number of nitrogens with zero attached hydrogens (tertiary/aromatic N) is 1. The van der Waals surface area contributed by atoms with E-state index in [-0.39, 0.29) is 0 Å². The molecular weight excluding hydrogens is 412 g/mol. The van der Waals surface area contributed by atoms with Gasteiger partial charge in [0.25, 0.3) is 0 Å². The molecule has 158 valence electrons. The summed E-state index contributed by atoms with van der Waals surface area (Å²) in [5.41, 5.74) is 9.61. The van der Waals surface area contributed by atoms with Gasteiger partial charge in [0.2, 0.25) is 0 Å². The van der Waals surface area contributed by atoms with E-state index in [0.717, 1.165) is 54.7 Å². The van der Waals surface area contributed by atoms with Crippen LogP contribution < -0.4 is 16.2 Å². The van der Waals surface area contributed by atoms with E-state index in [0.29, 0.717) is 9.22 Å². The highest BCUT2D eigenvalue weighted by atomic mass is 32.2. The van der Waals surface area contributed by atoms with Crippen molar-refractivity contribution in [2.45, 2.75) is 62.0 Å². The lowest BCUT2D eigenvalue weighted by Crippen LogP contribution is -2.21. The zero-order chi connectivity index (χ0) is 21.3. The van der Waals surface area contributed by atoms with E-state index in [1.54, 1.807) is 13.8 Å². The van der Waals surface area contributed by atoms with Crippen LogP contribution in [0.1, 0.15) is 59.9 Å². The van der Waals surface area contributed by atoms with Crippen molar-refractivity contribution >= 4 is 34.0 Å². The molecule has 0 radical (unpaired) electrons. The number of aliphatic hydroxyl groups is 2. The number of amides is 2. The maximum Gasteiger partial charge on any atom is 0.316 e. The minimum absolute atomic E-state index is 0.340. The molecule has 2 amide bonds. The number of anilines is 1. The van der Waals surface area contributed by atoms with Crippen LogP contribution in [-0.2, 0) is 35.8 Å². The molecule has 2 aliphatic carbocycles. The van der Waals surface area contributed by atoms with Crippen molar-refractivity contribution in [3.8, 4) is 0 Å². The molecule has 0 saturated heterocycles. The van der Waals surface area contributed by atoms with Gasteiger partial charge in [-0.3, -0.25) is 0 Å². The first-order valence-electron chi connectivity index (χ1n) is 9.34. The van der Waals surface area contributed by atoms with Gasteiger partial charge in [-0.05, 0) is 62.6 Å². The van der Waals surface area contributed by atoms with Gasteiger partial charge in [-0.25, -0.2) is 19.1 Å². The topological polar surface area (TPSA) is 152 Å². The van der Waals surface area contributed by atoms with Gasteiger partial charge < -0.3 is 21.3 Å². The van der Waals surface area contributed by atoms with E-state index in [1.165, 1.54) is 22.9 Å². The third kappa shape index (κ3) is 4.84. The smallest absolute Gasteiger partial charge is 0.316 e. The Kier molecular flexibility index (Phi) is 6.39. The molecule has 1 heterocycles. The average molecular weight is 439 g/mol. The molecule has 2 atom stereocenters. The van der Waals surface area contributed by atoms with Gasteiger partial charge in [-0.2, -0.15) is 0 Å². The number of carbonyl (C=O) groups excluding carboxylic acids is 1. The molecular formula is C19H26N4O4S2. The molecule has 4 rings (SSSR count). The van der Waals surface area contributed by atoms with Crippen molar-refractivity contribution in [3.63, 3.8) is 0 Å². The maximum atomic E-state index is 11.1. The highest BCUT2D eigenvalue weighted by Gasteiger charge is 2.29. The second-order valence-corrected chi connectivity index (χ2v) is 9.98. The van der Waals surface area contributed by atoms with Gasteiger partial charge in [0, 0.05) is 11.8 Å². The van der Waals surface area contributed by atoms with Gasteiger partial charge in [-0.15, -0.1) is 11.3 Å². The quantitative estimate of drug-likeness (QED) is 0.496. The number of hydrogen-bond acceptors (Lipinski definition) is 6. The van der Waals surface area contributed by atoms with Gasteiger partial charge in [0.1, 0.15) is 0 Å². The number of aromatic nitrogens is 1. The van der Waals surface area contributed by atoms with E-state index < -0.39 is 28.7 Å². The molecule has 2 aliphatic rings. The van der Waals surface area contributed by atoms with Crippen LogP contribution in [0.2, 0.25) is 0 Å². The number of aliphatic hydroxyl groups excluding tert-OH is 1. The summed E-state index contributed by atoms with van der Waals surface area (Å²) in [4.78, 5) is 15.6. The lowest BCUT2D eigenvalue weighted by Gasteiger charge is -2.16. The summed E-state index contributed by atoms with van der Waals surface area (Å²) in [7, 11) is -1.55. The summed E-state index contributed by atoms with van der Waals surface area (Å²) >= 11 is 1.16. The summed E-state index contributed by atoms with van der Waals surface area (Å²) < 4.78 is 11.1. The molecule has 29 heavy (non-hydrogen) atoms. The number of urea groups is 1. The molecule has 0 saturated carbocycles. The van der Waals surface area contributed by atoms with Crippen molar-refractivity contribution < 1.29 is 19.2 Å². The zero-order valence-corrected chi connectivity index (χ0v) is 18.0. The predicted molar refractivity (Wildman–Crippen MR) is 113 cm³/mol. The lowest BCUT2D eigenvalue weighted by atomic mass is 9.98. The Bertz CT molecular complexity index is 952. The number of nitrogens with one attached hydrogen (secondary N) is 1. The maximum absolute atomic E-state index is 11.1. The van der Waals surface area contributed by atoms with Gasteiger partial charge in [-0.1, -0.05) is 6.07 Å². The van der Waals surface area contributed by atoms with Gasteiger partial charge in [0.05, 0.1) is 22.3 Å². The molecule has 0 fully saturated rings. The zero-order valence-electron chi connectivity index (χ0n) is 16.4. The molecule has 1 aromatic carbocycles. The van der Waals surface area contributed by atoms with Crippen molar-refractivity contribution in [3.05, 3.63) is 39.4 Å². The molecule has 0 spiro atoms. The van der Waals surface area contributed by atoms with Crippen LogP contribution in [0.25, 0.3) is 0 Å². The number of hydrogen-bond donors (Lipinski definition) is 5. The largest absolute Gasteiger partial charge is 0.388 e. The monoisotopic (exact) mass is 438 g/mol. The molecule has 8 nitrogen and oxygen atoms in total. The molecule has 2 unspecified atom stereocenters. The predicted octanol–water partition coefficient (Wildman–Crippen LogP) is 2.00. The fourth-order valence-corrected chi connectivity index (χ4v) is 5.15. The highest BCUT2D eigenvalue weighted by Crippen LogP contribution is 2.42. The molecule has 0 aliphatic heterocycles. The van der Waals surface area contributed by atoms with Crippen LogP contribution in [0.5, 0.6) is 0 Å². The van der Waals surface area contributed by atoms with Crippen LogP contribution in [0.4, 0.5) is 10.5 Å². The Morgan fingerprint density at radius 3 is 2.62 bits per heavy atom. The van der Waals surface area contributed by atoms with E-state index >= 15 is 0 Å². The SMILES string of the molecule is CC(C)(O)c1cnc(S(N)=O)s1.NC(=O)Nc1c2c(cc3c1C(O)CC3)CCC2. The van der Waals surface area contributed by atoms with Crippen LogP contribution in [0.3, 0.4) is 0 Å². The molecule has 2 aromatic rings. The van der Waals surface area contributed by atoms with E-state index in [2.05, 4.69) is 16.4 Å². The Labute approximate surface area is 175 Å². The molecule has 10 heteroatoms. The van der Waals surface area contributed by atoms with Crippen molar-refractivity contribution in [1.82, 2.24) is 4.98 Å². The van der Waals surface area contributed by atoms with Crippen molar-refractivity contribution in [2.75, 3.05) is 5.32 Å². The Morgan fingerprint density at radius 1 is 1.34 bits per heavy atom. The van der Waals surface area contributed by atoms with E-state index in [9.17, 15) is 19.2 Å². The first kappa shape index (κ1) is 21.8. The number of thiazole rings is 1. The second kappa shape index (κ2) is 8.49. The lowest BCUT2D eigenvalue weighted by molar-refractivity contribution is 0.0823. The number of fused-ring (bicyclic) bond motifs is 2. The fourth-order valence-electron chi connectivity index (χ4n) is 3.75. The Balaban J connectivity index is 0.000000177.